The molecule has 132 valence electrons. The summed E-state index contributed by atoms with van der Waals surface area (Å²) in [7, 11) is 1.69. The first-order valence-corrected chi connectivity index (χ1v) is 8.26. The van der Waals surface area contributed by atoms with E-state index in [0.717, 1.165) is 17.8 Å². The topological polar surface area (TPSA) is 87.5 Å². The van der Waals surface area contributed by atoms with Crippen molar-refractivity contribution in [3.05, 3.63) is 17.5 Å². The van der Waals surface area contributed by atoms with Crippen molar-refractivity contribution in [3.63, 3.8) is 0 Å². The Labute approximate surface area is 141 Å². The van der Waals surface area contributed by atoms with Gasteiger partial charge >= 0.3 is 6.03 Å². The molecule has 1 N–H and O–H groups in total. The standard InChI is InChI=1S/C16H25N5O3/c1-5-7-20-15(23)13(18-16(20)24)8-14(22)19(4)10-12-9-17-21(6-2)11(12)3/h9,13H,5-8,10H2,1-4H3,(H,18,24)/t13-/m0/s1. The number of aryl methyl sites for hydroxylation is 1. The number of nitrogens with one attached hydrogen (secondary N) is 1. The average Bonchev–Trinajstić information content (AvgIpc) is 3.02. The Morgan fingerprint density at radius 1 is 1.38 bits per heavy atom. The number of imide groups is 1. The lowest BCUT2D eigenvalue weighted by atomic mass is 10.1. The molecule has 1 atom stereocenters. The van der Waals surface area contributed by atoms with E-state index >= 15 is 0 Å². The van der Waals surface area contributed by atoms with Gasteiger partial charge < -0.3 is 10.2 Å². The van der Waals surface area contributed by atoms with E-state index in [4.69, 9.17) is 0 Å². The average molecular weight is 335 g/mol. The zero-order valence-corrected chi connectivity index (χ0v) is 14.7. The summed E-state index contributed by atoms with van der Waals surface area (Å²) in [6.45, 7) is 7.45. The van der Waals surface area contributed by atoms with E-state index in [1.165, 1.54) is 4.90 Å². The third-order valence-corrected chi connectivity index (χ3v) is 4.27. The van der Waals surface area contributed by atoms with Gasteiger partial charge in [-0.25, -0.2) is 4.79 Å². The second-order valence-electron chi connectivity index (χ2n) is 6.02. The number of hydrogen-bond acceptors (Lipinski definition) is 4. The monoisotopic (exact) mass is 335 g/mol. The molecule has 1 fully saturated rings. The fourth-order valence-corrected chi connectivity index (χ4v) is 2.78. The third-order valence-electron chi connectivity index (χ3n) is 4.27. The molecule has 1 aliphatic heterocycles. The normalized spacial score (nSPS) is 17.3. The molecule has 0 saturated carbocycles. The molecule has 24 heavy (non-hydrogen) atoms. The van der Waals surface area contributed by atoms with E-state index in [9.17, 15) is 14.4 Å². The zero-order chi connectivity index (χ0) is 17.9. The fraction of sp³-hybridized carbons (Fsp3) is 0.625. The van der Waals surface area contributed by atoms with Crippen molar-refractivity contribution >= 4 is 17.8 Å². The molecule has 2 rings (SSSR count). The summed E-state index contributed by atoms with van der Waals surface area (Å²) in [5, 5.41) is 6.85. The molecular weight excluding hydrogens is 310 g/mol. The van der Waals surface area contributed by atoms with E-state index in [1.807, 2.05) is 25.5 Å². The van der Waals surface area contributed by atoms with Gasteiger partial charge in [0.05, 0.1) is 12.6 Å². The quantitative estimate of drug-likeness (QED) is 0.750. The predicted molar refractivity (Wildman–Crippen MR) is 88.1 cm³/mol. The molecule has 0 aliphatic carbocycles. The highest BCUT2D eigenvalue weighted by Crippen LogP contribution is 2.14. The lowest BCUT2D eigenvalue weighted by Gasteiger charge is -2.18. The van der Waals surface area contributed by atoms with Crippen molar-refractivity contribution < 1.29 is 14.4 Å². The molecule has 0 spiro atoms. The molecule has 0 unspecified atom stereocenters. The van der Waals surface area contributed by atoms with Gasteiger partial charge in [0.1, 0.15) is 6.04 Å². The smallest absolute Gasteiger partial charge is 0.324 e. The number of aromatic nitrogens is 2. The Kier molecular flexibility index (Phi) is 5.58. The van der Waals surface area contributed by atoms with Crippen molar-refractivity contribution in [2.45, 2.75) is 52.7 Å². The van der Waals surface area contributed by atoms with Gasteiger partial charge in [0.25, 0.3) is 5.91 Å². The minimum atomic E-state index is -0.765. The van der Waals surface area contributed by atoms with Crippen LogP contribution in [0.3, 0.4) is 0 Å². The van der Waals surface area contributed by atoms with Crippen LogP contribution in [0.25, 0.3) is 0 Å². The first kappa shape index (κ1) is 18.0. The lowest BCUT2D eigenvalue weighted by molar-refractivity contribution is -0.135. The van der Waals surface area contributed by atoms with Crippen molar-refractivity contribution in [1.82, 2.24) is 24.9 Å². The maximum atomic E-state index is 12.4. The van der Waals surface area contributed by atoms with E-state index in [1.54, 1.807) is 18.1 Å². The van der Waals surface area contributed by atoms with Gasteiger partial charge in [-0.1, -0.05) is 6.92 Å². The number of nitrogens with zero attached hydrogens (tertiary/aromatic N) is 4. The van der Waals surface area contributed by atoms with Gasteiger partial charge in [-0.05, 0) is 20.3 Å². The predicted octanol–water partition coefficient (Wildman–Crippen LogP) is 0.890. The first-order valence-electron chi connectivity index (χ1n) is 8.26. The van der Waals surface area contributed by atoms with Crippen LogP contribution < -0.4 is 5.32 Å². The Morgan fingerprint density at radius 2 is 2.08 bits per heavy atom. The number of rotatable bonds is 7. The summed E-state index contributed by atoms with van der Waals surface area (Å²) < 4.78 is 1.87. The Balaban J connectivity index is 1.95. The van der Waals surface area contributed by atoms with Gasteiger partial charge in [-0.15, -0.1) is 0 Å². The third kappa shape index (κ3) is 3.58. The van der Waals surface area contributed by atoms with E-state index < -0.39 is 12.1 Å². The van der Waals surface area contributed by atoms with Crippen LogP contribution in [0.15, 0.2) is 6.20 Å². The molecule has 8 heteroatoms. The number of carbonyl (C=O) groups excluding carboxylic acids is 3. The van der Waals surface area contributed by atoms with Crippen molar-refractivity contribution in [1.29, 1.82) is 0 Å². The summed E-state index contributed by atoms with van der Waals surface area (Å²) >= 11 is 0. The van der Waals surface area contributed by atoms with Crippen LogP contribution in [0, 0.1) is 6.92 Å². The first-order chi connectivity index (χ1) is 11.4. The summed E-state index contributed by atoms with van der Waals surface area (Å²) in [5.74, 6) is -0.505. The van der Waals surface area contributed by atoms with Crippen molar-refractivity contribution in [3.8, 4) is 0 Å². The van der Waals surface area contributed by atoms with Crippen LogP contribution in [0.2, 0.25) is 0 Å². The van der Waals surface area contributed by atoms with Crippen LogP contribution in [-0.2, 0) is 22.7 Å². The number of amides is 4. The Morgan fingerprint density at radius 3 is 2.67 bits per heavy atom. The van der Waals surface area contributed by atoms with E-state index in [0.29, 0.717) is 19.5 Å². The molecule has 1 saturated heterocycles. The van der Waals surface area contributed by atoms with Gasteiger partial charge in [0, 0.05) is 37.9 Å². The Bertz CT molecular complexity index is 640. The van der Waals surface area contributed by atoms with Crippen LogP contribution in [0.4, 0.5) is 4.79 Å². The van der Waals surface area contributed by atoms with Crippen LogP contribution in [0.5, 0.6) is 0 Å². The summed E-state index contributed by atoms with van der Waals surface area (Å²) in [6, 6.07) is -1.18. The highest BCUT2D eigenvalue weighted by Gasteiger charge is 2.38. The summed E-state index contributed by atoms with van der Waals surface area (Å²) in [5.41, 5.74) is 2.00. The molecular formula is C16H25N5O3. The molecule has 0 aromatic carbocycles. The highest BCUT2D eigenvalue weighted by atomic mass is 16.2. The van der Waals surface area contributed by atoms with Crippen LogP contribution in [-0.4, -0.2) is 57.1 Å². The largest absolute Gasteiger partial charge is 0.341 e. The minimum Gasteiger partial charge on any atom is -0.341 e. The SMILES string of the molecule is CCCN1C(=O)N[C@@H](CC(=O)N(C)Cc2cnn(CC)c2C)C1=O. The minimum absolute atomic E-state index is 0.0255. The highest BCUT2D eigenvalue weighted by molar-refractivity contribution is 6.05. The Hall–Kier alpha value is -2.38. The molecule has 0 bridgehead atoms. The second-order valence-corrected chi connectivity index (χ2v) is 6.02. The number of urea groups is 1. The van der Waals surface area contributed by atoms with Gasteiger partial charge in [0.15, 0.2) is 0 Å². The molecule has 0 radical (unpaired) electrons. The number of hydrogen-bond donors (Lipinski definition) is 1. The summed E-state index contributed by atoms with van der Waals surface area (Å²) in [4.78, 5) is 39.1. The van der Waals surface area contributed by atoms with Gasteiger partial charge in [-0.3, -0.25) is 19.2 Å². The fourth-order valence-electron chi connectivity index (χ4n) is 2.78. The van der Waals surface area contributed by atoms with E-state index in [2.05, 4.69) is 10.4 Å². The van der Waals surface area contributed by atoms with E-state index in [-0.39, 0.29) is 18.2 Å². The van der Waals surface area contributed by atoms with Crippen molar-refractivity contribution in [2.75, 3.05) is 13.6 Å². The molecule has 1 aliphatic rings. The molecule has 8 nitrogen and oxygen atoms in total. The maximum absolute atomic E-state index is 12.4. The summed E-state index contributed by atoms with van der Waals surface area (Å²) in [6.07, 6.45) is 2.43. The zero-order valence-electron chi connectivity index (χ0n) is 14.7. The van der Waals surface area contributed by atoms with Gasteiger partial charge in [-0.2, -0.15) is 5.10 Å². The molecule has 4 amide bonds. The van der Waals surface area contributed by atoms with Gasteiger partial charge in [0.2, 0.25) is 5.91 Å². The maximum Gasteiger partial charge on any atom is 0.324 e. The van der Waals surface area contributed by atoms with Crippen LogP contribution in [0.1, 0.15) is 37.9 Å². The van der Waals surface area contributed by atoms with Crippen LogP contribution >= 0.6 is 0 Å². The molecule has 1 aromatic heterocycles. The molecule has 1 aromatic rings. The molecule has 2 heterocycles. The second kappa shape index (κ2) is 7.46. The lowest BCUT2D eigenvalue weighted by Crippen LogP contribution is -2.37. The number of carbonyl (C=O) groups is 3. The van der Waals surface area contributed by atoms with Crippen molar-refractivity contribution in [2.24, 2.45) is 0 Å².